The van der Waals surface area contributed by atoms with Crippen molar-refractivity contribution < 1.29 is 4.79 Å². The van der Waals surface area contributed by atoms with Crippen LogP contribution in [0.3, 0.4) is 0 Å². The second-order valence-corrected chi connectivity index (χ2v) is 5.31. The zero-order chi connectivity index (χ0) is 14.9. The molecule has 2 heterocycles. The van der Waals surface area contributed by atoms with Crippen LogP contribution >= 0.6 is 0 Å². The third-order valence-electron chi connectivity index (χ3n) is 3.89. The molecule has 106 valence electrons. The predicted molar refractivity (Wildman–Crippen MR) is 86.3 cm³/mol. The fourth-order valence-electron chi connectivity index (χ4n) is 2.80. The summed E-state index contributed by atoms with van der Waals surface area (Å²) in [5, 5.41) is 2.84. The minimum atomic E-state index is -0.0909. The number of carbonyl (C=O) groups excluding carboxylic acids is 1. The van der Waals surface area contributed by atoms with Gasteiger partial charge in [0.1, 0.15) is 5.69 Å². The van der Waals surface area contributed by atoms with E-state index in [0.717, 1.165) is 27.9 Å². The first-order valence-electron chi connectivity index (χ1n) is 7.26. The molecule has 1 aliphatic rings. The van der Waals surface area contributed by atoms with Crippen molar-refractivity contribution >= 4 is 5.91 Å². The number of pyridine rings is 1. The Kier molecular flexibility index (Phi) is 2.97. The maximum Gasteiger partial charge on any atom is 0.270 e. The maximum atomic E-state index is 11.9. The Balaban J connectivity index is 1.99. The quantitative estimate of drug-likeness (QED) is 0.781. The first-order valence-corrected chi connectivity index (χ1v) is 7.26. The minimum absolute atomic E-state index is 0.0909. The number of rotatable bonds is 2. The Labute approximate surface area is 128 Å². The molecule has 0 atom stereocenters. The van der Waals surface area contributed by atoms with E-state index in [1.54, 1.807) is 0 Å². The van der Waals surface area contributed by atoms with Gasteiger partial charge in [-0.2, -0.15) is 0 Å². The summed E-state index contributed by atoms with van der Waals surface area (Å²) < 4.78 is 0. The topological polar surface area (TPSA) is 42.0 Å². The number of nitrogens with zero attached hydrogens (tertiary/aromatic N) is 1. The fourth-order valence-corrected chi connectivity index (χ4v) is 2.80. The first kappa shape index (κ1) is 12.8. The molecule has 0 spiro atoms. The lowest BCUT2D eigenvalue weighted by molar-refractivity contribution is 0.0961. The van der Waals surface area contributed by atoms with Gasteiger partial charge in [0.05, 0.1) is 5.69 Å². The molecule has 0 saturated heterocycles. The molecule has 1 aromatic heterocycles. The normalized spacial score (nSPS) is 12.8. The van der Waals surface area contributed by atoms with Crippen molar-refractivity contribution in [1.82, 2.24) is 10.3 Å². The van der Waals surface area contributed by atoms with Crippen LogP contribution in [-0.2, 0) is 6.54 Å². The van der Waals surface area contributed by atoms with Crippen molar-refractivity contribution in [3.63, 3.8) is 0 Å². The highest BCUT2D eigenvalue weighted by atomic mass is 16.2. The molecule has 1 amide bonds. The van der Waals surface area contributed by atoms with Gasteiger partial charge in [-0.3, -0.25) is 4.79 Å². The van der Waals surface area contributed by atoms with Gasteiger partial charge in [0, 0.05) is 23.2 Å². The lowest BCUT2D eigenvalue weighted by Gasteiger charge is -2.11. The summed E-state index contributed by atoms with van der Waals surface area (Å²) in [4.78, 5) is 16.6. The van der Waals surface area contributed by atoms with Crippen molar-refractivity contribution in [2.24, 2.45) is 0 Å². The van der Waals surface area contributed by atoms with E-state index in [1.165, 1.54) is 0 Å². The van der Waals surface area contributed by atoms with E-state index in [2.05, 4.69) is 28.5 Å². The van der Waals surface area contributed by atoms with Gasteiger partial charge in [0.2, 0.25) is 0 Å². The van der Waals surface area contributed by atoms with Crippen molar-refractivity contribution in [2.45, 2.75) is 6.54 Å². The van der Waals surface area contributed by atoms with Crippen molar-refractivity contribution in [1.29, 1.82) is 0 Å². The Hall–Kier alpha value is -2.94. The van der Waals surface area contributed by atoms with Gasteiger partial charge in [0.25, 0.3) is 5.91 Å². The molecule has 0 aliphatic carbocycles. The van der Waals surface area contributed by atoms with Crippen molar-refractivity contribution in [3.05, 3.63) is 78.0 Å². The van der Waals surface area contributed by atoms with Crippen LogP contribution in [0, 0.1) is 0 Å². The molecular formula is C19H14N2O. The average molecular weight is 286 g/mol. The molecule has 0 radical (unpaired) electrons. The molecule has 22 heavy (non-hydrogen) atoms. The van der Waals surface area contributed by atoms with Gasteiger partial charge in [0.15, 0.2) is 0 Å². The number of fused-ring (bicyclic) bond motifs is 1. The van der Waals surface area contributed by atoms with Crippen LogP contribution in [0.25, 0.3) is 22.4 Å². The van der Waals surface area contributed by atoms with Crippen LogP contribution in [0.1, 0.15) is 16.1 Å². The van der Waals surface area contributed by atoms with Crippen LogP contribution in [-0.4, -0.2) is 10.9 Å². The van der Waals surface area contributed by atoms with Gasteiger partial charge in [-0.25, -0.2) is 4.98 Å². The summed E-state index contributed by atoms with van der Waals surface area (Å²) in [7, 11) is 0. The molecule has 3 aromatic rings. The highest BCUT2D eigenvalue weighted by molar-refractivity contribution is 5.98. The minimum Gasteiger partial charge on any atom is -0.347 e. The van der Waals surface area contributed by atoms with Crippen LogP contribution < -0.4 is 5.32 Å². The van der Waals surface area contributed by atoms with Gasteiger partial charge in [-0.1, -0.05) is 60.7 Å². The van der Waals surface area contributed by atoms with E-state index in [9.17, 15) is 4.79 Å². The van der Waals surface area contributed by atoms with Crippen LogP contribution in [0.15, 0.2) is 66.7 Å². The summed E-state index contributed by atoms with van der Waals surface area (Å²) in [5.41, 5.74) is 5.53. The maximum absolute atomic E-state index is 11.9. The monoisotopic (exact) mass is 286 g/mol. The highest BCUT2D eigenvalue weighted by Crippen LogP contribution is 2.33. The van der Waals surface area contributed by atoms with Gasteiger partial charge in [-0.15, -0.1) is 0 Å². The molecule has 0 saturated carbocycles. The summed E-state index contributed by atoms with van der Waals surface area (Å²) in [6, 6.07) is 22.2. The number of hydrogen-bond donors (Lipinski definition) is 1. The van der Waals surface area contributed by atoms with E-state index in [4.69, 9.17) is 0 Å². The standard InChI is InChI=1S/C19H14N2O/c22-19-18-15(12-20-19)11-16(13-7-3-1-4-8-13)17(21-18)14-9-5-2-6-10-14/h1-11H,12H2,(H,20,22). The van der Waals surface area contributed by atoms with E-state index in [1.807, 2.05) is 48.5 Å². The molecule has 0 fully saturated rings. The number of hydrogen-bond acceptors (Lipinski definition) is 2. The molecular weight excluding hydrogens is 272 g/mol. The molecule has 1 N–H and O–H groups in total. The van der Waals surface area contributed by atoms with Gasteiger partial charge >= 0.3 is 0 Å². The van der Waals surface area contributed by atoms with Crippen LogP contribution in [0.4, 0.5) is 0 Å². The summed E-state index contributed by atoms with van der Waals surface area (Å²) in [6.45, 7) is 0.552. The second-order valence-electron chi connectivity index (χ2n) is 5.31. The molecule has 3 nitrogen and oxygen atoms in total. The van der Waals surface area contributed by atoms with Crippen LogP contribution in [0.2, 0.25) is 0 Å². The zero-order valence-electron chi connectivity index (χ0n) is 11.9. The number of aromatic nitrogens is 1. The number of nitrogens with one attached hydrogen (secondary N) is 1. The van der Waals surface area contributed by atoms with Crippen LogP contribution in [0.5, 0.6) is 0 Å². The lowest BCUT2D eigenvalue weighted by Crippen LogP contribution is -2.13. The Morgan fingerprint density at radius 3 is 2.14 bits per heavy atom. The lowest BCUT2D eigenvalue weighted by atomic mass is 9.97. The largest absolute Gasteiger partial charge is 0.347 e. The number of benzene rings is 2. The van der Waals surface area contributed by atoms with Gasteiger partial charge in [-0.05, 0) is 11.6 Å². The van der Waals surface area contributed by atoms with E-state index >= 15 is 0 Å². The second kappa shape index (κ2) is 5.11. The number of amides is 1. The molecule has 1 aliphatic heterocycles. The molecule has 0 bridgehead atoms. The molecule has 3 heteroatoms. The Morgan fingerprint density at radius 1 is 0.818 bits per heavy atom. The number of carbonyl (C=O) groups is 1. The van der Waals surface area contributed by atoms with Crippen molar-refractivity contribution in [2.75, 3.05) is 0 Å². The first-order chi connectivity index (χ1) is 10.8. The van der Waals surface area contributed by atoms with E-state index < -0.39 is 0 Å². The molecule has 4 rings (SSSR count). The van der Waals surface area contributed by atoms with Crippen molar-refractivity contribution in [3.8, 4) is 22.4 Å². The third kappa shape index (κ3) is 2.07. The highest BCUT2D eigenvalue weighted by Gasteiger charge is 2.23. The Morgan fingerprint density at radius 2 is 1.45 bits per heavy atom. The van der Waals surface area contributed by atoms with E-state index in [0.29, 0.717) is 12.2 Å². The summed E-state index contributed by atoms with van der Waals surface area (Å²) >= 11 is 0. The fraction of sp³-hybridized carbons (Fsp3) is 0.0526. The summed E-state index contributed by atoms with van der Waals surface area (Å²) in [5.74, 6) is -0.0909. The zero-order valence-corrected chi connectivity index (χ0v) is 11.9. The SMILES string of the molecule is O=C1NCc2cc(-c3ccccc3)c(-c3ccccc3)nc21. The molecule has 2 aromatic carbocycles. The predicted octanol–water partition coefficient (Wildman–Crippen LogP) is 3.66. The molecule has 0 unspecified atom stereocenters. The van der Waals surface area contributed by atoms with E-state index in [-0.39, 0.29) is 5.91 Å². The van der Waals surface area contributed by atoms with Gasteiger partial charge < -0.3 is 5.32 Å². The third-order valence-corrected chi connectivity index (χ3v) is 3.89. The Bertz CT molecular complexity index is 842. The summed E-state index contributed by atoms with van der Waals surface area (Å²) in [6.07, 6.45) is 0. The smallest absolute Gasteiger partial charge is 0.270 e. The average Bonchev–Trinajstić information content (AvgIpc) is 2.96.